The molecule has 1 fully saturated rings. The van der Waals surface area contributed by atoms with Gasteiger partial charge in [-0.3, -0.25) is 4.79 Å². The SMILES string of the molecule is O=C([C@H]1CCCOC1)N(CC(F)F)c1cccc(Cl)c1. The van der Waals surface area contributed by atoms with E-state index < -0.39 is 13.0 Å². The molecule has 1 aromatic carbocycles. The number of hydrogen-bond donors (Lipinski definition) is 0. The van der Waals surface area contributed by atoms with Gasteiger partial charge in [0, 0.05) is 17.3 Å². The molecule has 20 heavy (non-hydrogen) atoms. The van der Waals surface area contributed by atoms with E-state index in [2.05, 4.69) is 0 Å². The summed E-state index contributed by atoms with van der Waals surface area (Å²) in [6.07, 6.45) is -1.16. The summed E-state index contributed by atoms with van der Waals surface area (Å²) in [6, 6.07) is 6.40. The van der Waals surface area contributed by atoms with E-state index in [1.807, 2.05) is 0 Å². The van der Waals surface area contributed by atoms with Crippen molar-refractivity contribution in [1.29, 1.82) is 0 Å². The van der Waals surface area contributed by atoms with Crippen LogP contribution in [0.25, 0.3) is 0 Å². The largest absolute Gasteiger partial charge is 0.381 e. The van der Waals surface area contributed by atoms with Crippen LogP contribution in [0.5, 0.6) is 0 Å². The van der Waals surface area contributed by atoms with E-state index in [9.17, 15) is 13.6 Å². The molecule has 1 aromatic rings. The van der Waals surface area contributed by atoms with E-state index in [1.165, 1.54) is 6.07 Å². The van der Waals surface area contributed by atoms with Gasteiger partial charge in [-0.15, -0.1) is 0 Å². The van der Waals surface area contributed by atoms with Crippen LogP contribution < -0.4 is 4.90 Å². The Bertz CT molecular complexity index is 464. The summed E-state index contributed by atoms with van der Waals surface area (Å²) in [7, 11) is 0. The van der Waals surface area contributed by atoms with Crippen LogP contribution in [0.1, 0.15) is 12.8 Å². The Morgan fingerprint density at radius 3 is 2.90 bits per heavy atom. The second-order valence-corrected chi connectivity index (χ2v) is 5.17. The summed E-state index contributed by atoms with van der Waals surface area (Å²) in [5.74, 6) is -0.686. The molecule has 0 bridgehead atoms. The molecule has 3 nitrogen and oxygen atoms in total. The molecular formula is C14H16ClF2NO2. The lowest BCUT2D eigenvalue weighted by Crippen LogP contribution is -2.42. The maximum absolute atomic E-state index is 12.7. The van der Waals surface area contributed by atoms with Crippen LogP contribution in [0.3, 0.4) is 0 Å². The Balaban J connectivity index is 2.20. The lowest BCUT2D eigenvalue weighted by atomic mass is 10.0. The quantitative estimate of drug-likeness (QED) is 0.853. The number of carbonyl (C=O) groups excluding carboxylic acids is 1. The first kappa shape index (κ1) is 15.2. The van der Waals surface area contributed by atoms with E-state index in [0.717, 1.165) is 11.3 Å². The summed E-state index contributed by atoms with van der Waals surface area (Å²) >= 11 is 5.87. The number of hydrogen-bond acceptors (Lipinski definition) is 2. The summed E-state index contributed by atoms with van der Waals surface area (Å²) in [4.78, 5) is 13.5. The number of alkyl halides is 2. The Labute approximate surface area is 121 Å². The highest BCUT2D eigenvalue weighted by atomic mass is 35.5. The summed E-state index contributed by atoms with van der Waals surface area (Å²) in [5.41, 5.74) is 0.397. The van der Waals surface area contributed by atoms with Crippen molar-refractivity contribution in [3.63, 3.8) is 0 Å². The zero-order valence-electron chi connectivity index (χ0n) is 10.9. The number of ether oxygens (including phenoxy) is 1. The maximum atomic E-state index is 12.7. The normalized spacial score (nSPS) is 19.1. The molecule has 0 unspecified atom stereocenters. The van der Waals surface area contributed by atoms with Crippen molar-refractivity contribution in [3.8, 4) is 0 Å². The molecule has 6 heteroatoms. The topological polar surface area (TPSA) is 29.5 Å². The lowest BCUT2D eigenvalue weighted by Gasteiger charge is -2.29. The molecule has 0 saturated carbocycles. The molecule has 0 radical (unpaired) electrons. The van der Waals surface area contributed by atoms with Crippen molar-refractivity contribution in [2.45, 2.75) is 19.3 Å². The Hall–Kier alpha value is -1.20. The number of halogens is 3. The Morgan fingerprint density at radius 2 is 2.30 bits per heavy atom. The first-order valence-electron chi connectivity index (χ1n) is 6.51. The molecule has 0 aliphatic carbocycles. The van der Waals surface area contributed by atoms with Crippen molar-refractivity contribution in [1.82, 2.24) is 0 Å². The van der Waals surface area contributed by atoms with Gasteiger partial charge >= 0.3 is 0 Å². The van der Waals surface area contributed by atoms with Crippen LogP contribution >= 0.6 is 11.6 Å². The second kappa shape index (κ2) is 6.99. The minimum absolute atomic E-state index is 0.291. The first-order chi connectivity index (χ1) is 9.58. The molecule has 1 atom stereocenters. The van der Waals surface area contributed by atoms with Crippen molar-refractivity contribution in [3.05, 3.63) is 29.3 Å². The van der Waals surface area contributed by atoms with Crippen LogP contribution in [0.15, 0.2) is 24.3 Å². The highest BCUT2D eigenvalue weighted by molar-refractivity contribution is 6.30. The molecule has 2 rings (SSSR count). The lowest BCUT2D eigenvalue weighted by molar-refractivity contribution is -0.126. The predicted molar refractivity (Wildman–Crippen MR) is 73.4 cm³/mol. The summed E-state index contributed by atoms with van der Waals surface area (Å²) in [5, 5.41) is 0.412. The number of amides is 1. The van der Waals surface area contributed by atoms with Crippen LogP contribution in [0.4, 0.5) is 14.5 Å². The van der Waals surface area contributed by atoms with Gasteiger partial charge in [0.1, 0.15) is 0 Å². The van der Waals surface area contributed by atoms with Crippen molar-refractivity contribution < 1.29 is 18.3 Å². The third-order valence-corrected chi connectivity index (χ3v) is 3.45. The Kier molecular flexibility index (Phi) is 5.31. The van der Waals surface area contributed by atoms with Gasteiger partial charge in [0.15, 0.2) is 0 Å². The van der Waals surface area contributed by atoms with E-state index in [0.29, 0.717) is 30.3 Å². The minimum Gasteiger partial charge on any atom is -0.381 e. The molecule has 1 heterocycles. The zero-order chi connectivity index (χ0) is 14.5. The fourth-order valence-corrected chi connectivity index (χ4v) is 2.45. The third-order valence-electron chi connectivity index (χ3n) is 3.22. The summed E-state index contributed by atoms with van der Waals surface area (Å²) in [6.45, 7) is 0.282. The van der Waals surface area contributed by atoms with Crippen LogP contribution in [-0.4, -0.2) is 32.1 Å². The van der Waals surface area contributed by atoms with Crippen molar-refractivity contribution in [2.24, 2.45) is 5.92 Å². The average molecular weight is 304 g/mol. The molecule has 110 valence electrons. The second-order valence-electron chi connectivity index (χ2n) is 4.73. The molecule has 1 aliphatic heterocycles. The van der Waals surface area contributed by atoms with Gasteiger partial charge in [-0.05, 0) is 31.0 Å². The number of benzene rings is 1. The predicted octanol–water partition coefficient (Wildman–Crippen LogP) is 3.36. The van der Waals surface area contributed by atoms with Gasteiger partial charge in [-0.25, -0.2) is 8.78 Å². The molecule has 1 saturated heterocycles. The Morgan fingerprint density at radius 1 is 1.50 bits per heavy atom. The van der Waals surface area contributed by atoms with Crippen molar-refractivity contribution in [2.75, 3.05) is 24.7 Å². The van der Waals surface area contributed by atoms with Crippen LogP contribution in [0, 0.1) is 5.92 Å². The van der Waals surface area contributed by atoms with Crippen LogP contribution in [0.2, 0.25) is 5.02 Å². The van der Waals surface area contributed by atoms with E-state index in [4.69, 9.17) is 16.3 Å². The minimum atomic E-state index is -2.59. The smallest absolute Gasteiger partial charge is 0.256 e. The first-order valence-corrected chi connectivity index (χ1v) is 6.88. The highest BCUT2D eigenvalue weighted by Gasteiger charge is 2.29. The molecule has 0 spiro atoms. The molecule has 1 aliphatic rings. The van der Waals surface area contributed by atoms with Gasteiger partial charge in [0.25, 0.3) is 6.43 Å². The number of carbonyl (C=O) groups is 1. The van der Waals surface area contributed by atoms with Gasteiger partial charge in [-0.1, -0.05) is 17.7 Å². The molecule has 0 aromatic heterocycles. The van der Waals surface area contributed by atoms with Crippen LogP contribution in [-0.2, 0) is 9.53 Å². The van der Waals surface area contributed by atoms with Crippen molar-refractivity contribution >= 4 is 23.2 Å². The average Bonchev–Trinajstić information content (AvgIpc) is 2.45. The molecule has 0 N–H and O–H groups in total. The molecule has 1 amide bonds. The van der Waals surface area contributed by atoms with Gasteiger partial charge in [-0.2, -0.15) is 0 Å². The van der Waals surface area contributed by atoms with Gasteiger partial charge in [0.2, 0.25) is 5.91 Å². The summed E-state index contributed by atoms with van der Waals surface area (Å²) < 4.78 is 30.7. The van der Waals surface area contributed by atoms with Gasteiger partial charge < -0.3 is 9.64 Å². The van der Waals surface area contributed by atoms with E-state index in [1.54, 1.807) is 18.2 Å². The van der Waals surface area contributed by atoms with E-state index in [-0.39, 0.29) is 11.8 Å². The fourth-order valence-electron chi connectivity index (χ4n) is 2.26. The molecular weight excluding hydrogens is 288 g/mol. The fraction of sp³-hybridized carbons (Fsp3) is 0.500. The number of anilines is 1. The standard InChI is InChI=1S/C14H16ClF2NO2/c15-11-4-1-5-12(7-11)18(8-13(16)17)14(19)10-3-2-6-20-9-10/h1,4-5,7,10,13H,2-3,6,8-9H2/t10-/m0/s1. The monoisotopic (exact) mass is 303 g/mol. The zero-order valence-corrected chi connectivity index (χ0v) is 11.7. The third kappa shape index (κ3) is 3.90. The number of rotatable bonds is 4. The number of nitrogens with zero attached hydrogens (tertiary/aromatic N) is 1. The highest BCUT2D eigenvalue weighted by Crippen LogP contribution is 2.24. The maximum Gasteiger partial charge on any atom is 0.256 e. The van der Waals surface area contributed by atoms with E-state index >= 15 is 0 Å². The van der Waals surface area contributed by atoms with Gasteiger partial charge in [0.05, 0.1) is 19.1 Å².